The minimum atomic E-state index is -0.291. The fraction of sp³-hybridized carbons (Fsp3) is 0.238. The molecule has 3 aromatic rings. The maximum absolute atomic E-state index is 12.8. The van der Waals surface area contributed by atoms with Gasteiger partial charge in [0.05, 0.1) is 22.6 Å². The zero-order valence-corrected chi connectivity index (χ0v) is 16.8. The molecule has 0 aliphatic carbocycles. The first-order valence-corrected chi connectivity index (χ1v) is 9.91. The van der Waals surface area contributed by atoms with E-state index in [9.17, 15) is 9.59 Å². The summed E-state index contributed by atoms with van der Waals surface area (Å²) in [5.41, 5.74) is 2.26. The van der Waals surface area contributed by atoms with Crippen LogP contribution in [0, 0.1) is 6.92 Å². The molecule has 28 heavy (non-hydrogen) atoms. The van der Waals surface area contributed by atoms with Crippen LogP contribution in [0.15, 0.2) is 48.7 Å². The van der Waals surface area contributed by atoms with Gasteiger partial charge in [0.2, 0.25) is 0 Å². The van der Waals surface area contributed by atoms with Crippen molar-refractivity contribution >= 4 is 28.8 Å². The van der Waals surface area contributed by atoms with Crippen molar-refractivity contribution in [3.05, 3.63) is 64.8 Å². The molecule has 0 radical (unpaired) electrons. The van der Waals surface area contributed by atoms with Crippen molar-refractivity contribution in [3.63, 3.8) is 0 Å². The van der Waals surface area contributed by atoms with Crippen molar-refractivity contribution in [1.29, 1.82) is 0 Å². The first-order valence-electron chi connectivity index (χ1n) is 9.09. The van der Waals surface area contributed by atoms with E-state index in [4.69, 9.17) is 0 Å². The van der Waals surface area contributed by atoms with Crippen LogP contribution >= 0.6 is 11.3 Å². The number of carbonyl (C=O) groups is 2. The summed E-state index contributed by atoms with van der Waals surface area (Å²) in [7, 11) is 0. The highest BCUT2D eigenvalue weighted by atomic mass is 32.1. The number of carbonyl (C=O) groups excluding carboxylic acids is 2. The highest BCUT2D eigenvalue weighted by molar-refractivity contribution is 7.17. The number of hydrogen-bond donors (Lipinski definition) is 2. The van der Waals surface area contributed by atoms with Crippen LogP contribution in [0.2, 0.25) is 0 Å². The maximum atomic E-state index is 12.8. The van der Waals surface area contributed by atoms with E-state index in [1.165, 1.54) is 11.3 Å². The Kier molecular flexibility index (Phi) is 6.16. The van der Waals surface area contributed by atoms with Crippen LogP contribution in [-0.2, 0) is 0 Å². The highest BCUT2D eigenvalue weighted by Crippen LogP contribution is 2.27. The van der Waals surface area contributed by atoms with Gasteiger partial charge in [0, 0.05) is 12.2 Å². The zero-order valence-electron chi connectivity index (χ0n) is 16.0. The molecule has 0 spiro atoms. The molecule has 1 unspecified atom stereocenters. The summed E-state index contributed by atoms with van der Waals surface area (Å²) in [6.07, 6.45) is 2.52. The van der Waals surface area contributed by atoms with Gasteiger partial charge in [-0.05, 0) is 44.5 Å². The van der Waals surface area contributed by atoms with E-state index in [0.717, 1.165) is 12.1 Å². The second-order valence-electron chi connectivity index (χ2n) is 6.43. The van der Waals surface area contributed by atoms with E-state index in [2.05, 4.69) is 20.6 Å². The summed E-state index contributed by atoms with van der Waals surface area (Å²) in [5.74, 6) is -0.499. The number of benzene rings is 1. The summed E-state index contributed by atoms with van der Waals surface area (Å²) in [6, 6.07) is 12.6. The van der Waals surface area contributed by atoms with E-state index >= 15 is 0 Å². The fourth-order valence-corrected chi connectivity index (χ4v) is 3.52. The van der Waals surface area contributed by atoms with Gasteiger partial charge in [0.25, 0.3) is 11.8 Å². The van der Waals surface area contributed by atoms with Crippen LogP contribution in [0.1, 0.15) is 46.0 Å². The van der Waals surface area contributed by atoms with E-state index in [1.54, 1.807) is 37.4 Å². The number of pyridine rings is 1. The molecule has 1 aromatic carbocycles. The van der Waals surface area contributed by atoms with Crippen LogP contribution in [-0.4, -0.2) is 27.8 Å². The Morgan fingerprint density at radius 3 is 2.57 bits per heavy atom. The minimum Gasteiger partial charge on any atom is -0.350 e. The number of amides is 2. The molecule has 0 aliphatic heterocycles. The molecular weight excluding hydrogens is 372 g/mol. The molecule has 2 amide bonds. The Bertz CT molecular complexity index is 985. The van der Waals surface area contributed by atoms with Crippen LogP contribution < -0.4 is 10.6 Å². The van der Waals surface area contributed by atoms with Gasteiger partial charge in [-0.25, -0.2) is 4.98 Å². The first-order chi connectivity index (χ1) is 13.5. The number of nitrogens with zero attached hydrogens (tertiary/aromatic N) is 2. The van der Waals surface area contributed by atoms with Crippen molar-refractivity contribution in [2.24, 2.45) is 0 Å². The van der Waals surface area contributed by atoms with E-state index < -0.39 is 0 Å². The molecule has 0 aliphatic rings. The Morgan fingerprint density at radius 2 is 1.86 bits per heavy atom. The van der Waals surface area contributed by atoms with E-state index in [1.807, 2.05) is 32.0 Å². The average Bonchev–Trinajstić information content (AvgIpc) is 3.10. The average molecular weight is 395 g/mol. The standard InChI is InChI=1S/C21H22N4O2S/c1-4-13(2)23-19(26)15-9-5-6-10-16(15)25-20(27)18-14(3)24-21(28-18)17-11-7-8-12-22-17/h5-13H,4H2,1-3H3,(H,23,26)(H,25,27). The SMILES string of the molecule is CCC(C)NC(=O)c1ccccc1NC(=O)c1sc(-c2ccccn2)nc1C. The molecule has 7 heteroatoms. The number of aromatic nitrogens is 2. The molecule has 2 heterocycles. The Morgan fingerprint density at radius 1 is 1.11 bits per heavy atom. The number of anilines is 1. The van der Waals surface area contributed by atoms with Gasteiger partial charge >= 0.3 is 0 Å². The molecular formula is C21H22N4O2S. The normalized spacial score (nSPS) is 11.7. The largest absolute Gasteiger partial charge is 0.350 e. The highest BCUT2D eigenvalue weighted by Gasteiger charge is 2.19. The first kappa shape index (κ1) is 19.7. The van der Waals surface area contributed by atoms with Crippen LogP contribution in [0.3, 0.4) is 0 Å². The number of hydrogen-bond acceptors (Lipinski definition) is 5. The van der Waals surface area contributed by atoms with Gasteiger partial charge in [-0.2, -0.15) is 0 Å². The summed E-state index contributed by atoms with van der Waals surface area (Å²) in [4.78, 5) is 34.6. The van der Waals surface area contributed by atoms with Crippen molar-refractivity contribution in [2.45, 2.75) is 33.2 Å². The van der Waals surface area contributed by atoms with Gasteiger partial charge in [-0.15, -0.1) is 11.3 Å². The number of aryl methyl sites for hydroxylation is 1. The third-order valence-electron chi connectivity index (χ3n) is 4.30. The van der Waals surface area contributed by atoms with Crippen LogP contribution in [0.4, 0.5) is 5.69 Å². The van der Waals surface area contributed by atoms with Gasteiger partial charge in [-0.1, -0.05) is 25.1 Å². The van der Waals surface area contributed by atoms with Crippen LogP contribution in [0.5, 0.6) is 0 Å². The summed E-state index contributed by atoms with van der Waals surface area (Å²) in [6.45, 7) is 5.74. The molecule has 2 aromatic heterocycles. The van der Waals surface area contributed by atoms with Gasteiger partial charge in [0.15, 0.2) is 0 Å². The third kappa shape index (κ3) is 4.43. The maximum Gasteiger partial charge on any atom is 0.267 e. The lowest BCUT2D eigenvalue weighted by Gasteiger charge is -2.14. The molecule has 144 valence electrons. The zero-order chi connectivity index (χ0) is 20.1. The smallest absolute Gasteiger partial charge is 0.267 e. The predicted molar refractivity (Wildman–Crippen MR) is 112 cm³/mol. The van der Waals surface area contributed by atoms with Gasteiger partial charge in [-0.3, -0.25) is 14.6 Å². The second kappa shape index (κ2) is 8.75. The number of nitrogens with one attached hydrogen (secondary N) is 2. The van der Waals surface area contributed by atoms with Crippen molar-refractivity contribution in [3.8, 4) is 10.7 Å². The number of para-hydroxylation sites is 1. The van der Waals surface area contributed by atoms with Crippen molar-refractivity contribution in [2.75, 3.05) is 5.32 Å². The molecule has 0 saturated carbocycles. The quantitative estimate of drug-likeness (QED) is 0.653. The lowest BCUT2D eigenvalue weighted by Crippen LogP contribution is -2.32. The minimum absolute atomic E-state index is 0.0564. The molecule has 0 saturated heterocycles. The predicted octanol–water partition coefficient (Wildman–Crippen LogP) is 4.29. The molecule has 0 fully saturated rings. The Labute approximate surface area is 168 Å². The van der Waals surface area contributed by atoms with Gasteiger partial charge in [0.1, 0.15) is 9.88 Å². The monoisotopic (exact) mass is 394 g/mol. The second-order valence-corrected chi connectivity index (χ2v) is 7.43. The summed E-state index contributed by atoms with van der Waals surface area (Å²) in [5, 5.41) is 6.47. The molecule has 6 nitrogen and oxygen atoms in total. The van der Waals surface area contributed by atoms with Crippen LogP contribution in [0.25, 0.3) is 10.7 Å². The Balaban J connectivity index is 1.83. The molecule has 0 bridgehead atoms. The molecule has 3 rings (SSSR count). The van der Waals surface area contributed by atoms with Crippen molar-refractivity contribution in [1.82, 2.24) is 15.3 Å². The lowest BCUT2D eigenvalue weighted by atomic mass is 10.1. The van der Waals surface area contributed by atoms with Gasteiger partial charge < -0.3 is 10.6 Å². The Hall–Kier alpha value is -3.06. The van der Waals surface area contributed by atoms with E-state index in [0.29, 0.717) is 26.8 Å². The lowest BCUT2D eigenvalue weighted by molar-refractivity contribution is 0.0940. The van der Waals surface area contributed by atoms with Crippen molar-refractivity contribution < 1.29 is 9.59 Å². The fourth-order valence-electron chi connectivity index (χ4n) is 2.58. The number of thiazole rings is 1. The summed E-state index contributed by atoms with van der Waals surface area (Å²) < 4.78 is 0. The third-order valence-corrected chi connectivity index (χ3v) is 5.48. The molecule has 2 N–H and O–H groups in total. The number of rotatable bonds is 6. The van der Waals surface area contributed by atoms with E-state index in [-0.39, 0.29) is 17.9 Å². The summed E-state index contributed by atoms with van der Waals surface area (Å²) >= 11 is 1.28. The topological polar surface area (TPSA) is 84.0 Å². The molecule has 1 atom stereocenters.